The van der Waals surface area contributed by atoms with Crippen LogP contribution in [0.25, 0.3) is 0 Å². The summed E-state index contributed by atoms with van der Waals surface area (Å²) >= 11 is 0. The van der Waals surface area contributed by atoms with Crippen molar-refractivity contribution in [3.63, 3.8) is 0 Å². The number of nitro groups is 1. The highest BCUT2D eigenvalue weighted by atomic mass is 32.2. The van der Waals surface area contributed by atoms with Crippen molar-refractivity contribution < 1.29 is 27.7 Å². The van der Waals surface area contributed by atoms with Crippen LogP contribution < -0.4 is 14.4 Å². The standard InChI is InChI=1S/C32H38N4O7S/c1-3-30(32(38)33-25-10-6-4-7-11-25)34(22-24-14-20-28(43-2)21-15-24)31(37)23-35(26-16-18-27(19-17-26)36(39)40)44(41,42)29-12-8-5-9-13-29/h5,8-9,12-21,25,30H,3-4,6-7,10-11,22-23H2,1-2H3,(H,33,38). The molecule has 1 atom stereocenters. The first-order valence-corrected chi connectivity index (χ1v) is 16.1. The van der Waals surface area contributed by atoms with Gasteiger partial charge in [-0.2, -0.15) is 0 Å². The number of ether oxygens (including phenoxy) is 1. The zero-order chi connectivity index (χ0) is 31.7. The van der Waals surface area contributed by atoms with Crippen LogP contribution >= 0.6 is 0 Å². The molecule has 0 radical (unpaired) electrons. The molecule has 0 saturated heterocycles. The first-order valence-electron chi connectivity index (χ1n) is 14.7. The predicted octanol–water partition coefficient (Wildman–Crippen LogP) is 5.06. The molecule has 4 rings (SSSR count). The zero-order valence-corrected chi connectivity index (χ0v) is 25.7. The van der Waals surface area contributed by atoms with Crippen LogP contribution in [-0.4, -0.2) is 55.8 Å². The lowest BCUT2D eigenvalue weighted by Crippen LogP contribution is -2.54. The van der Waals surface area contributed by atoms with E-state index in [1.54, 1.807) is 49.6 Å². The maximum Gasteiger partial charge on any atom is 0.269 e. The number of hydrogen-bond acceptors (Lipinski definition) is 7. The number of nitrogens with one attached hydrogen (secondary N) is 1. The van der Waals surface area contributed by atoms with E-state index in [0.29, 0.717) is 12.2 Å². The van der Waals surface area contributed by atoms with E-state index in [0.717, 1.165) is 42.0 Å². The normalized spacial score (nSPS) is 14.3. The molecule has 1 fully saturated rings. The molecule has 0 spiro atoms. The van der Waals surface area contributed by atoms with E-state index in [2.05, 4.69) is 5.32 Å². The summed E-state index contributed by atoms with van der Waals surface area (Å²) in [6.45, 7) is 1.24. The van der Waals surface area contributed by atoms with Gasteiger partial charge in [-0.25, -0.2) is 8.42 Å². The van der Waals surface area contributed by atoms with Crippen LogP contribution in [-0.2, 0) is 26.2 Å². The van der Waals surface area contributed by atoms with E-state index >= 15 is 0 Å². The lowest BCUT2D eigenvalue weighted by molar-refractivity contribution is -0.384. The van der Waals surface area contributed by atoms with E-state index in [1.165, 1.54) is 41.3 Å². The molecule has 1 saturated carbocycles. The number of non-ortho nitro benzene ring substituents is 1. The Morgan fingerprint density at radius 1 is 0.977 bits per heavy atom. The Kier molecular flexibility index (Phi) is 10.9. The van der Waals surface area contributed by atoms with Crippen molar-refractivity contribution in [2.24, 2.45) is 0 Å². The fourth-order valence-electron chi connectivity index (χ4n) is 5.38. The van der Waals surface area contributed by atoms with Gasteiger partial charge in [-0.1, -0.05) is 56.5 Å². The Balaban J connectivity index is 1.71. The highest BCUT2D eigenvalue weighted by Gasteiger charge is 2.34. The maximum absolute atomic E-state index is 14.2. The number of carbonyl (C=O) groups excluding carboxylic acids is 2. The Morgan fingerprint density at radius 2 is 1.61 bits per heavy atom. The number of amides is 2. The lowest BCUT2D eigenvalue weighted by Gasteiger charge is -2.34. The quantitative estimate of drug-likeness (QED) is 0.208. The number of nitro benzene ring substituents is 1. The van der Waals surface area contributed by atoms with Crippen molar-refractivity contribution in [2.45, 2.75) is 69.0 Å². The molecule has 44 heavy (non-hydrogen) atoms. The monoisotopic (exact) mass is 622 g/mol. The zero-order valence-electron chi connectivity index (χ0n) is 24.9. The molecule has 11 nitrogen and oxygen atoms in total. The first-order chi connectivity index (χ1) is 21.1. The topological polar surface area (TPSA) is 139 Å². The molecule has 0 aliphatic heterocycles. The van der Waals surface area contributed by atoms with Gasteiger partial charge < -0.3 is 15.0 Å². The maximum atomic E-state index is 14.2. The van der Waals surface area contributed by atoms with Crippen LogP contribution in [0.4, 0.5) is 11.4 Å². The van der Waals surface area contributed by atoms with Gasteiger partial charge in [-0.15, -0.1) is 0 Å². The fourth-order valence-corrected chi connectivity index (χ4v) is 6.82. The van der Waals surface area contributed by atoms with Gasteiger partial charge >= 0.3 is 0 Å². The molecule has 1 unspecified atom stereocenters. The van der Waals surface area contributed by atoms with Crippen molar-refractivity contribution >= 4 is 33.2 Å². The Morgan fingerprint density at radius 3 is 2.18 bits per heavy atom. The smallest absolute Gasteiger partial charge is 0.269 e. The highest BCUT2D eigenvalue weighted by Crippen LogP contribution is 2.27. The summed E-state index contributed by atoms with van der Waals surface area (Å²) in [4.78, 5) is 39.9. The summed E-state index contributed by atoms with van der Waals surface area (Å²) in [7, 11) is -2.73. The van der Waals surface area contributed by atoms with Crippen LogP contribution in [0, 0.1) is 10.1 Å². The number of methoxy groups -OCH3 is 1. The van der Waals surface area contributed by atoms with Gasteiger partial charge in [0.2, 0.25) is 11.8 Å². The minimum absolute atomic E-state index is 0.0262. The molecule has 3 aromatic rings. The predicted molar refractivity (Wildman–Crippen MR) is 167 cm³/mol. The number of carbonyl (C=O) groups is 2. The highest BCUT2D eigenvalue weighted by molar-refractivity contribution is 7.92. The van der Waals surface area contributed by atoms with Crippen molar-refractivity contribution in [2.75, 3.05) is 18.0 Å². The summed E-state index contributed by atoms with van der Waals surface area (Å²) < 4.78 is 34.0. The van der Waals surface area contributed by atoms with Crippen LogP contribution in [0.2, 0.25) is 0 Å². The molecule has 1 aliphatic rings. The molecule has 0 bridgehead atoms. The number of benzene rings is 3. The number of hydrogen-bond donors (Lipinski definition) is 1. The Labute approximate surface area is 258 Å². The van der Waals surface area contributed by atoms with E-state index in [1.807, 2.05) is 6.92 Å². The van der Waals surface area contributed by atoms with E-state index in [4.69, 9.17) is 4.74 Å². The summed E-state index contributed by atoms with van der Waals surface area (Å²) in [5, 5.41) is 14.4. The van der Waals surface area contributed by atoms with Gasteiger partial charge in [0.05, 0.1) is 22.6 Å². The third-order valence-corrected chi connectivity index (χ3v) is 9.60. The SMILES string of the molecule is CCC(C(=O)NC1CCCCC1)N(Cc1ccc(OC)cc1)C(=O)CN(c1ccc([N+](=O)[O-])cc1)S(=O)(=O)c1ccccc1. The van der Waals surface area contributed by atoms with Gasteiger partial charge in [0.15, 0.2) is 0 Å². The van der Waals surface area contributed by atoms with Crippen LogP contribution in [0.5, 0.6) is 5.75 Å². The molecule has 234 valence electrons. The van der Waals surface area contributed by atoms with Crippen molar-refractivity contribution in [1.82, 2.24) is 10.2 Å². The summed E-state index contributed by atoms with van der Waals surface area (Å²) in [5.74, 6) is -0.245. The van der Waals surface area contributed by atoms with Gasteiger partial charge in [0.25, 0.3) is 15.7 Å². The average molecular weight is 623 g/mol. The van der Waals surface area contributed by atoms with Crippen molar-refractivity contribution in [3.05, 3.63) is 94.5 Å². The largest absolute Gasteiger partial charge is 0.497 e. The van der Waals surface area contributed by atoms with Gasteiger partial charge in [-0.05, 0) is 61.2 Å². The van der Waals surface area contributed by atoms with Gasteiger partial charge in [0, 0.05) is 24.7 Å². The molecular formula is C32H38N4O7S. The first kappa shape index (κ1) is 32.5. The lowest BCUT2D eigenvalue weighted by atomic mass is 9.95. The molecule has 1 N–H and O–H groups in total. The summed E-state index contributed by atoms with van der Waals surface area (Å²) in [6, 6.07) is 18.9. The van der Waals surface area contributed by atoms with Crippen LogP contribution in [0.15, 0.2) is 83.8 Å². The minimum atomic E-state index is -4.27. The number of nitrogens with zero attached hydrogens (tertiary/aromatic N) is 3. The molecule has 0 heterocycles. The number of sulfonamides is 1. The van der Waals surface area contributed by atoms with Crippen LogP contribution in [0.3, 0.4) is 0 Å². The van der Waals surface area contributed by atoms with Gasteiger partial charge in [0.1, 0.15) is 18.3 Å². The Hall–Kier alpha value is -4.45. The van der Waals surface area contributed by atoms with Crippen molar-refractivity contribution in [1.29, 1.82) is 0 Å². The molecular weight excluding hydrogens is 584 g/mol. The summed E-state index contributed by atoms with van der Waals surface area (Å²) in [5.41, 5.74) is 0.594. The Bertz CT molecular complexity index is 1530. The second-order valence-corrected chi connectivity index (χ2v) is 12.6. The van der Waals surface area contributed by atoms with E-state index < -0.39 is 33.4 Å². The van der Waals surface area contributed by atoms with Crippen molar-refractivity contribution in [3.8, 4) is 5.75 Å². The van der Waals surface area contributed by atoms with Crippen LogP contribution in [0.1, 0.15) is 51.0 Å². The fraction of sp³-hybridized carbons (Fsp3) is 0.375. The molecule has 2 amide bonds. The molecule has 0 aromatic heterocycles. The number of anilines is 1. The second-order valence-electron chi connectivity index (χ2n) is 10.7. The molecule has 12 heteroatoms. The summed E-state index contributed by atoms with van der Waals surface area (Å²) in [6.07, 6.45) is 5.23. The van der Waals surface area contributed by atoms with E-state index in [-0.39, 0.29) is 34.8 Å². The minimum Gasteiger partial charge on any atom is -0.497 e. The number of rotatable bonds is 13. The molecule has 1 aliphatic carbocycles. The molecule has 3 aromatic carbocycles. The van der Waals surface area contributed by atoms with E-state index in [9.17, 15) is 28.1 Å². The third kappa shape index (κ3) is 7.93. The second kappa shape index (κ2) is 14.8. The van der Waals surface area contributed by atoms with Gasteiger partial charge in [-0.3, -0.25) is 24.0 Å². The average Bonchev–Trinajstić information content (AvgIpc) is 3.04. The third-order valence-electron chi connectivity index (χ3n) is 7.81.